The highest BCUT2D eigenvalue weighted by Gasteiger charge is 2.16. The van der Waals surface area contributed by atoms with Crippen LogP contribution in [0.25, 0.3) is 11.1 Å². The summed E-state index contributed by atoms with van der Waals surface area (Å²) in [5.41, 5.74) is 3.85. The van der Waals surface area contributed by atoms with Crippen LogP contribution in [-0.2, 0) is 0 Å². The van der Waals surface area contributed by atoms with Crippen LogP contribution in [-0.4, -0.2) is 35.4 Å². The van der Waals surface area contributed by atoms with Crippen molar-refractivity contribution in [2.75, 3.05) is 18.1 Å². The van der Waals surface area contributed by atoms with E-state index in [-0.39, 0.29) is 11.1 Å². The molecular weight excluding hydrogens is 566 g/mol. The molecular formula is C38H43NO6. The minimum Gasteiger partial charge on any atom is -0.494 e. The van der Waals surface area contributed by atoms with Gasteiger partial charge in [0, 0.05) is 17.1 Å². The molecule has 0 radical (unpaired) electrons. The molecule has 0 saturated carbocycles. The minimum atomic E-state index is -1.18. The van der Waals surface area contributed by atoms with Gasteiger partial charge >= 0.3 is 11.9 Å². The standard InChI is InChI=1S/C38H43NO6/c1-3-5-7-9-23-44-35-19-15-33(16-20-35)39(34-17-21-36(22-18-34)45-24-10-8-6-4-2)32-13-11-28(12-14-32)29-25-30(37(40)41)27-31(26-29)38(42)43/h11-22,25-27H,3-10,23-24H2,1-2H3,(H,40,41)(H,42,43). The zero-order valence-corrected chi connectivity index (χ0v) is 26.2. The zero-order chi connectivity index (χ0) is 32.0. The number of rotatable bonds is 18. The molecule has 7 heteroatoms. The number of ether oxygens (including phenoxy) is 2. The van der Waals surface area contributed by atoms with Gasteiger partial charge in [0.25, 0.3) is 0 Å². The Balaban J connectivity index is 1.60. The number of unbranched alkanes of at least 4 members (excludes halogenated alkanes) is 6. The van der Waals surface area contributed by atoms with Crippen LogP contribution < -0.4 is 14.4 Å². The predicted molar refractivity (Wildman–Crippen MR) is 180 cm³/mol. The normalized spacial score (nSPS) is 10.8. The maximum atomic E-state index is 11.6. The summed E-state index contributed by atoms with van der Waals surface area (Å²) in [5, 5.41) is 19.0. The van der Waals surface area contributed by atoms with E-state index in [9.17, 15) is 19.8 Å². The molecule has 4 rings (SSSR count). The van der Waals surface area contributed by atoms with Gasteiger partial charge in [-0.2, -0.15) is 0 Å². The molecule has 0 unspecified atom stereocenters. The second-order valence-electron chi connectivity index (χ2n) is 11.1. The van der Waals surface area contributed by atoms with E-state index in [0.717, 1.165) is 54.2 Å². The van der Waals surface area contributed by atoms with Crippen molar-refractivity contribution >= 4 is 29.0 Å². The first kappa shape index (κ1) is 33.1. The molecule has 0 saturated heterocycles. The van der Waals surface area contributed by atoms with E-state index in [1.807, 2.05) is 72.8 Å². The van der Waals surface area contributed by atoms with Crippen LogP contribution in [0.4, 0.5) is 17.1 Å². The molecule has 0 bridgehead atoms. The first-order chi connectivity index (χ1) is 21.9. The van der Waals surface area contributed by atoms with Gasteiger partial charge in [0.1, 0.15) is 11.5 Å². The molecule has 0 aliphatic heterocycles. The van der Waals surface area contributed by atoms with E-state index >= 15 is 0 Å². The Labute approximate surface area is 266 Å². The van der Waals surface area contributed by atoms with E-state index in [4.69, 9.17) is 9.47 Å². The minimum absolute atomic E-state index is 0.0732. The Hall–Kier alpha value is -4.78. The van der Waals surface area contributed by atoms with Gasteiger partial charge in [0.2, 0.25) is 0 Å². The lowest BCUT2D eigenvalue weighted by molar-refractivity contribution is 0.0696. The second-order valence-corrected chi connectivity index (χ2v) is 11.1. The average molecular weight is 610 g/mol. The van der Waals surface area contributed by atoms with Gasteiger partial charge < -0.3 is 24.6 Å². The topological polar surface area (TPSA) is 96.3 Å². The largest absolute Gasteiger partial charge is 0.494 e. The number of anilines is 3. The van der Waals surface area contributed by atoms with Gasteiger partial charge in [-0.1, -0.05) is 64.5 Å². The van der Waals surface area contributed by atoms with Crippen LogP contribution in [0.15, 0.2) is 91.0 Å². The predicted octanol–water partition coefficient (Wildman–Crippen LogP) is 10.1. The van der Waals surface area contributed by atoms with Crippen LogP contribution in [0.1, 0.15) is 85.9 Å². The molecule has 2 N–H and O–H groups in total. The molecule has 0 aromatic heterocycles. The first-order valence-electron chi connectivity index (χ1n) is 15.9. The van der Waals surface area contributed by atoms with Crippen LogP contribution in [0.2, 0.25) is 0 Å². The number of carboxylic acids is 2. The molecule has 0 amide bonds. The summed E-state index contributed by atoms with van der Waals surface area (Å²) in [4.78, 5) is 25.4. The molecule has 0 aliphatic rings. The number of hydrogen-bond donors (Lipinski definition) is 2. The Kier molecular flexibility index (Phi) is 12.4. The third-order valence-corrected chi connectivity index (χ3v) is 7.61. The SMILES string of the molecule is CCCCCCOc1ccc(N(c2ccc(OCCCCCC)cc2)c2ccc(-c3cc(C(=O)O)cc(C(=O)O)c3)cc2)cc1. The van der Waals surface area contributed by atoms with Crippen LogP contribution >= 0.6 is 0 Å². The lowest BCUT2D eigenvalue weighted by Gasteiger charge is -2.26. The summed E-state index contributed by atoms with van der Waals surface area (Å²) >= 11 is 0. The molecule has 0 heterocycles. The molecule has 4 aromatic rings. The number of nitrogens with zero attached hydrogens (tertiary/aromatic N) is 1. The average Bonchev–Trinajstić information content (AvgIpc) is 3.06. The van der Waals surface area contributed by atoms with Crippen LogP contribution in [0, 0.1) is 0 Å². The molecule has 0 fully saturated rings. The Morgan fingerprint density at radius 2 is 0.933 bits per heavy atom. The van der Waals surface area contributed by atoms with Crippen molar-refractivity contribution < 1.29 is 29.3 Å². The van der Waals surface area contributed by atoms with Crippen molar-refractivity contribution in [3.63, 3.8) is 0 Å². The van der Waals surface area contributed by atoms with E-state index in [1.165, 1.54) is 43.9 Å². The maximum Gasteiger partial charge on any atom is 0.335 e. The van der Waals surface area contributed by atoms with Gasteiger partial charge in [-0.05, 0) is 103 Å². The number of carboxylic acid groups (broad SMARTS) is 2. The summed E-state index contributed by atoms with van der Waals surface area (Å²) in [6, 6.07) is 27.8. The highest BCUT2D eigenvalue weighted by atomic mass is 16.5. The third kappa shape index (κ3) is 9.60. The summed E-state index contributed by atoms with van der Waals surface area (Å²) < 4.78 is 12.0. The molecule has 4 aromatic carbocycles. The molecule has 0 spiro atoms. The van der Waals surface area contributed by atoms with Crippen molar-refractivity contribution in [3.05, 3.63) is 102 Å². The summed E-state index contributed by atoms with van der Waals surface area (Å²) in [5.74, 6) is -0.706. The second kappa shape index (κ2) is 16.9. The fourth-order valence-electron chi connectivity index (χ4n) is 5.11. The van der Waals surface area contributed by atoms with Gasteiger partial charge in [-0.25, -0.2) is 9.59 Å². The van der Waals surface area contributed by atoms with Gasteiger partial charge in [-0.15, -0.1) is 0 Å². The Morgan fingerprint density at radius 3 is 1.31 bits per heavy atom. The highest BCUT2D eigenvalue weighted by molar-refractivity contribution is 5.96. The zero-order valence-electron chi connectivity index (χ0n) is 26.2. The molecule has 236 valence electrons. The molecule has 7 nitrogen and oxygen atoms in total. The fraction of sp³-hybridized carbons (Fsp3) is 0.316. The number of carbonyl (C=O) groups is 2. The monoisotopic (exact) mass is 609 g/mol. The third-order valence-electron chi connectivity index (χ3n) is 7.61. The van der Waals surface area contributed by atoms with Crippen molar-refractivity contribution in [3.8, 4) is 22.6 Å². The summed E-state index contributed by atoms with van der Waals surface area (Å²) in [7, 11) is 0. The van der Waals surface area contributed by atoms with Crippen LogP contribution in [0.3, 0.4) is 0 Å². The summed E-state index contributed by atoms with van der Waals surface area (Å²) in [6.45, 7) is 5.77. The van der Waals surface area contributed by atoms with E-state index < -0.39 is 11.9 Å². The van der Waals surface area contributed by atoms with Gasteiger partial charge in [0.05, 0.1) is 24.3 Å². The lowest BCUT2D eigenvalue weighted by atomic mass is 9.99. The maximum absolute atomic E-state index is 11.6. The molecule has 45 heavy (non-hydrogen) atoms. The van der Waals surface area contributed by atoms with Crippen molar-refractivity contribution in [1.29, 1.82) is 0 Å². The van der Waals surface area contributed by atoms with Gasteiger partial charge in [-0.3, -0.25) is 0 Å². The highest BCUT2D eigenvalue weighted by Crippen LogP contribution is 2.37. The molecule has 0 aliphatic carbocycles. The fourth-order valence-corrected chi connectivity index (χ4v) is 5.11. The van der Waals surface area contributed by atoms with E-state index in [0.29, 0.717) is 24.3 Å². The summed E-state index contributed by atoms with van der Waals surface area (Å²) in [6.07, 6.45) is 9.19. The quantitative estimate of drug-likeness (QED) is 0.108. The smallest absolute Gasteiger partial charge is 0.335 e. The Morgan fingerprint density at radius 1 is 0.533 bits per heavy atom. The van der Waals surface area contributed by atoms with Crippen LogP contribution in [0.5, 0.6) is 11.5 Å². The van der Waals surface area contributed by atoms with Crippen molar-refractivity contribution in [2.24, 2.45) is 0 Å². The first-order valence-corrected chi connectivity index (χ1v) is 15.9. The van der Waals surface area contributed by atoms with Gasteiger partial charge in [0.15, 0.2) is 0 Å². The van der Waals surface area contributed by atoms with E-state index in [1.54, 1.807) is 0 Å². The lowest BCUT2D eigenvalue weighted by Crippen LogP contribution is -2.10. The molecule has 0 atom stereocenters. The van der Waals surface area contributed by atoms with Crippen molar-refractivity contribution in [1.82, 2.24) is 0 Å². The van der Waals surface area contributed by atoms with E-state index in [2.05, 4.69) is 18.7 Å². The number of aromatic carboxylic acids is 2. The number of hydrogen-bond acceptors (Lipinski definition) is 5. The number of benzene rings is 4. The van der Waals surface area contributed by atoms with Crippen molar-refractivity contribution in [2.45, 2.75) is 65.2 Å². The Bertz CT molecular complexity index is 1420.